The Kier molecular flexibility index (Phi) is 5.33. The summed E-state index contributed by atoms with van der Waals surface area (Å²) >= 11 is 0. The highest BCUT2D eigenvalue weighted by Crippen LogP contribution is 2.23. The lowest BCUT2D eigenvalue weighted by Gasteiger charge is -2.25. The van der Waals surface area contributed by atoms with Gasteiger partial charge in [-0.3, -0.25) is 9.69 Å². The summed E-state index contributed by atoms with van der Waals surface area (Å²) in [5.74, 6) is 0.699. The lowest BCUT2D eigenvalue weighted by Crippen LogP contribution is -2.33. The van der Waals surface area contributed by atoms with Crippen LogP contribution in [0.4, 0.5) is 5.82 Å². The third-order valence-electron chi connectivity index (χ3n) is 3.65. The molecule has 0 radical (unpaired) electrons. The standard InChI is InChI=1S/C17H24N4O/c1-5-12-21-15(10-11-18-21)19-17(22)16(20(3)4)14-9-7-6-8-13(14)2/h6-11,16H,5,12H2,1-4H3,(H,19,22). The monoisotopic (exact) mass is 300 g/mol. The molecule has 2 rings (SSSR count). The minimum absolute atomic E-state index is 0.0443. The van der Waals surface area contributed by atoms with Crippen molar-refractivity contribution in [2.75, 3.05) is 19.4 Å². The van der Waals surface area contributed by atoms with Gasteiger partial charge in [-0.1, -0.05) is 31.2 Å². The highest BCUT2D eigenvalue weighted by atomic mass is 16.2. The molecule has 5 heteroatoms. The Labute approximate surface area is 131 Å². The number of carbonyl (C=O) groups is 1. The normalized spacial score (nSPS) is 12.4. The number of aryl methyl sites for hydroxylation is 2. The van der Waals surface area contributed by atoms with E-state index in [1.54, 1.807) is 6.20 Å². The van der Waals surface area contributed by atoms with Crippen molar-refractivity contribution in [1.82, 2.24) is 14.7 Å². The van der Waals surface area contributed by atoms with E-state index in [9.17, 15) is 4.79 Å². The Morgan fingerprint density at radius 3 is 2.68 bits per heavy atom. The van der Waals surface area contributed by atoms with Crippen molar-refractivity contribution in [2.45, 2.75) is 32.9 Å². The molecule has 2 aromatic rings. The van der Waals surface area contributed by atoms with Crippen LogP contribution in [-0.4, -0.2) is 34.7 Å². The Morgan fingerprint density at radius 1 is 1.32 bits per heavy atom. The molecule has 0 saturated heterocycles. The topological polar surface area (TPSA) is 50.2 Å². The second kappa shape index (κ2) is 7.22. The van der Waals surface area contributed by atoms with Gasteiger partial charge in [-0.15, -0.1) is 0 Å². The highest BCUT2D eigenvalue weighted by Gasteiger charge is 2.25. The van der Waals surface area contributed by atoms with E-state index in [2.05, 4.69) is 17.3 Å². The predicted molar refractivity (Wildman–Crippen MR) is 88.8 cm³/mol. The van der Waals surface area contributed by atoms with Gasteiger partial charge in [-0.25, -0.2) is 4.68 Å². The molecular formula is C17H24N4O. The summed E-state index contributed by atoms with van der Waals surface area (Å²) in [7, 11) is 3.83. The second-order valence-corrected chi connectivity index (χ2v) is 5.65. The minimum Gasteiger partial charge on any atom is -0.309 e. The summed E-state index contributed by atoms with van der Waals surface area (Å²) in [4.78, 5) is 14.7. The fourth-order valence-corrected chi connectivity index (χ4v) is 2.57. The molecule has 0 spiro atoms. The lowest BCUT2D eigenvalue weighted by atomic mass is 10.00. The van der Waals surface area contributed by atoms with Crippen LogP contribution < -0.4 is 5.32 Å². The first-order chi connectivity index (χ1) is 10.5. The number of hydrogen-bond acceptors (Lipinski definition) is 3. The molecule has 0 saturated carbocycles. The number of amides is 1. The Hall–Kier alpha value is -2.14. The van der Waals surface area contributed by atoms with Gasteiger partial charge in [0.25, 0.3) is 0 Å². The average molecular weight is 300 g/mol. The highest BCUT2D eigenvalue weighted by molar-refractivity contribution is 5.95. The zero-order valence-electron chi connectivity index (χ0n) is 13.7. The minimum atomic E-state index is -0.328. The van der Waals surface area contributed by atoms with Gasteiger partial charge >= 0.3 is 0 Å². The molecule has 22 heavy (non-hydrogen) atoms. The largest absolute Gasteiger partial charge is 0.309 e. The maximum atomic E-state index is 12.8. The Balaban J connectivity index is 2.24. The molecule has 0 aliphatic heterocycles. The van der Waals surface area contributed by atoms with E-state index in [4.69, 9.17) is 0 Å². The number of likely N-dealkylation sites (N-methyl/N-ethyl adjacent to an activating group) is 1. The smallest absolute Gasteiger partial charge is 0.247 e. The number of benzene rings is 1. The van der Waals surface area contributed by atoms with Crippen LogP contribution in [0.1, 0.15) is 30.5 Å². The molecule has 1 unspecified atom stereocenters. The van der Waals surface area contributed by atoms with E-state index in [1.807, 2.05) is 60.9 Å². The maximum absolute atomic E-state index is 12.8. The molecule has 1 aromatic heterocycles. The van der Waals surface area contributed by atoms with Crippen LogP contribution in [-0.2, 0) is 11.3 Å². The van der Waals surface area contributed by atoms with Gasteiger partial charge in [-0.2, -0.15) is 5.10 Å². The van der Waals surface area contributed by atoms with E-state index in [-0.39, 0.29) is 11.9 Å². The van der Waals surface area contributed by atoms with Crippen LogP contribution in [0, 0.1) is 6.92 Å². The van der Waals surface area contributed by atoms with Gasteiger partial charge < -0.3 is 5.32 Å². The van der Waals surface area contributed by atoms with Crippen molar-refractivity contribution in [1.29, 1.82) is 0 Å². The van der Waals surface area contributed by atoms with E-state index in [1.165, 1.54) is 0 Å². The van der Waals surface area contributed by atoms with Crippen LogP contribution in [0.5, 0.6) is 0 Å². The van der Waals surface area contributed by atoms with Crippen molar-refractivity contribution in [3.8, 4) is 0 Å². The Morgan fingerprint density at radius 2 is 2.05 bits per heavy atom. The van der Waals surface area contributed by atoms with Gasteiger partial charge in [0.1, 0.15) is 11.9 Å². The molecule has 1 N–H and O–H groups in total. The van der Waals surface area contributed by atoms with Crippen molar-refractivity contribution in [3.63, 3.8) is 0 Å². The summed E-state index contributed by atoms with van der Waals surface area (Å²) in [6.45, 7) is 4.91. The van der Waals surface area contributed by atoms with Gasteiger partial charge in [-0.05, 0) is 38.6 Å². The first kappa shape index (κ1) is 16.2. The SMILES string of the molecule is CCCn1nccc1NC(=O)C(c1ccccc1C)N(C)C. The molecule has 0 aliphatic rings. The quantitative estimate of drug-likeness (QED) is 0.892. The van der Waals surface area contributed by atoms with Crippen molar-refractivity contribution < 1.29 is 4.79 Å². The first-order valence-corrected chi connectivity index (χ1v) is 7.59. The lowest BCUT2D eigenvalue weighted by molar-refractivity contribution is -0.120. The summed E-state index contributed by atoms with van der Waals surface area (Å²) in [5, 5.41) is 7.24. The second-order valence-electron chi connectivity index (χ2n) is 5.65. The van der Waals surface area contributed by atoms with E-state index >= 15 is 0 Å². The molecule has 5 nitrogen and oxygen atoms in total. The van der Waals surface area contributed by atoms with Crippen molar-refractivity contribution in [2.24, 2.45) is 0 Å². The summed E-state index contributed by atoms with van der Waals surface area (Å²) in [6.07, 6.45) is 2.68. The average Bonchev–Trinajstić information content (AvgIpc) is 2.88. The van der Waals surface area contributed by atoms with Crippen LogP contribution in [0.15, 0.2) is 36.5 Å². The van der Waals surface area contributed by atoms with Crippen molar-refractivity contribution in [3.05, 3.63) is 47.7 Å². The van der Waals surface area contributed by atoms with E-state index in [0.717, 1.165) is 29.9 Å². The number of anilines is 1. The number of aromatic nitrogens is 2. The van der Waals surface area contributed by atoms with E-state index in [0.29, 0.717) is 0 Å². The van der Waals surface area contributed by atoms with Crippen LogP contribution in [0.2, 0.25) is 0 Å². The number of nitrogens with one attached hydrogen (secondary N) is 1. The molecule has 0 fully saturated rings. The maximum Gasteiger partial charge on any atom is 0.247 e. The molecule has 1 atom stereocenters. The van der Waals surface area contributed by atoms with Crippen LogP contribution in [0.3, 0.4) is 0 Å². The summed E-state index contributed by atoms with van der Waals surface area (Å²) < 4.78 is 1.82. The van der Waals surface area contributed by atoms with Gasteiger partial charge in [0.2, 0.25) is 5.91 Å². The zero-order chi connectivity index (χ0) is 16.1. The van der Waals surface area contributed by atoms with Gasteiger partial charge in [0.15, 0.2) is 0 Å². The molecule has 0 aliphatic carbocycles. The van der Waals surface area contributed by atoms with Gasteiger partial charge in [0, 0.05) is 12.6 Å². The van der Waals surface area contributed by atoms with Gasteiger partial charge in [0.05, 0.1) is 6.20 Å². The first-order valence-electron chi connectivity index (χ1n) is 7.59. The molecule has 118 valence electrons. The number of nitrogens with zero attached hydrogens (tertiary/aromatic N) is 3. The fraction of sp³-hybridized carbons (Fsp3) is 0.412. The van der Waals surface area contributed by atoms with Crippen LogP contribution >= 0.6 is 0 Å². The number of carbonyl (C=O) groups excluding carboxylic acids is 1. The summed E-state index contributed by atoms with van der Waals surface area (Å²) in [5.41, 5.74) is 2.13. The Bertz CT molecular complexity index is 633. The van der Waals surface area contributed by atoms with E-state index < -0.39 is 0 Å². The van der Waals surface area contributed by atoms with Crippen LogP contribution in [0.25, 0.3) is 0 Å². The molecular weight excluding hydrogens is 276 g/mol. The van der Waals surface area contributed by atoms with Crippen molar-refractivity contribution >= 4 is 11.7 Å². The molecule has 1 amide bonds. The number of rotatable bonds is 6. The third-order valence-corrected chi connectivity index (χ3v) is 3.65. The molecule has 0 bridgehead atoms. The zero-order valence-corrected chi connectivity index (χ0v) is 13.7. The third kappa shape index (κ3) is 3.54. The predicted octanol–water partition coefficient (Wildman–Crippen LogP) is 2.84. The fourth-order valence-electron chi connectivity index (χ4n) is 2.57. The summed E-state index contributed by atoms with van der Waals surface area (Å²) in [6, 6.07) is 9.49. The number of hydrogen-bond donors (Lipinski definition) is 1. The molecule has 1 heterocycles. The molecule has 1 aromatic carbocycles.